The fourth-order valence-electron chi connectivity index (χ4n) is 3.42. The van der Waals surface area contributed by atoms with E-state index < -0.39 is 0 Å². The standard InChI is InChI=1S/C17H16N4/c18-20-10-15-9-14-8-13(12-4-2-1-3-5-12)6-7-16(14)17(15)11-21-19/h1-8,10-11,13,15-17H,9H2/t13-,15+,16-,17-/m1/s1. The second-order valence-electron chi connectivity index (χ2n) is 5.56. The number of rotatable bonds is 3. The van der Waals surface area contributed by atoms with Gasteiger partial charge >= 0.3 is 0 Å². The van der Waals surface area contributed by atoms with Crippen LogP contribution in [-0.4, -0.2) is 22.0 Å². The molecule has 0 aliphatic heterocycles. The van der Waals surface area contributed by atoms with Gasteiger partial charge in [0.05, 0.1) is 11.8 Å². The van der Waals surface area contributed by atoms with Crippen LogP contribution in [0, 0.1) is 17.8 Å². The van der Waals surface area contributed by atoms with E-state index in [1.54, 1.807) is 6.21 Å². The molecule has 104 valence electrons. The van der Waals surface area contributed by atoms with E-state index in [2.05, 4.69) is 39.9 Å². The molecule has 1 fully saturated rings. The third kappa shape index (κ3) is 2.55. The Balaban J connectivity index is 1.92. The predicted octanol–water partition coefficient (Wildman–Crippen LogP) is 3.12. The second kappa shape index (κ2) is 5.84. The highest BCUT2D eigenvalue weighted by Crippen LogP contribution is 2.44. The molecule has 21 heavy (non-hydrogen) atoms. The van der Waals surface area contributed by atoms with E-state index in [1.165, 1.54) is 17.4 Å². The second-order valence-corrected chi connectivity index (χ2v) is 5.56. The van der Waals surface area contributed by atoms with Crippen molar-refractivity contribution in [3.8, 4) is 0 Å². The van der Waals surface area contributed by atoms with Crippen LogP contribution in [0.3, 0.4) is 0 Å². The van der Waals surface area contributed by atoms with Gasteiger partial charge in [-0.3, -0.25) is 0 Å². The van der Waals surface area contributed by atoms with E-state index in [9.17, 15) is 0 Å². The molecular weight excluding hydrogens is 260 g/mol. The van der Waals surface area contributed by atoms with Crippen molar-refractivity contribution in [3.05, 3.63) is 70.8 Å². The van der Waals surface area contributed by atoms with Gasteiger partial charge in [0.2, 0.25) is 0 Å². The molecular formula is C17H16N4. The summed E-state index contributed by atoms with van der Waals surface area (Å²) in [6.45, 7) is 0. The van der Waals surface area contributed by atoms with E-state index in [0.717, 1.165) is 6.42 Å². The molecule has 2 aliphatic carbocycles. The van der Waals surface area contributed by atoms with Crippen LogP contribution >= 0.6 is 0 Å². The molecule has 0 unspecified atom stereocenters. The zero-order valence-corrected chi connectivity index (χ0v) is 11.6. The summed E-state index contributed by atoms with van der Waals surface area (Å²) in [5.41, 5.74) is 20.2. The summed E-state index contributed by atoms with van der Waals surface area (Å²) >= 11 is 0. The number of allylic oxidation sites excluding steroid dienone is 4. The van der Waals surface area contributed by atoms with Gasteiger partial charge in [-0.15, -0.1) is 0 Å². The zero-order chi connectivity index (χ0) is 14.7. The molecule has 4 atom stereocenters. The minimum absolute atomic E-state index is 0.0464. The van der Waals surface area contributed by atoms with Gasteiger partial charge in [-0.25, -0.2) is 0 Å². The van der Waals surface area contributed by atoms with Crippen molar-refractivity contribution in [2.24, 2.45) is 17.8 Å². The number of hydrogen-bond donors (Lipinski definition) is 0. The molecule has 0 N–H and O–H groups in total. The molecule has 1 saturated carbocycles. The number of hydrogen-bond acceptors (Lipinski definition) is 0. The summed E-state index contributed by atoms with van der Waals surface area (Å²) in [5, 5.41) is 0. The summed E-state index contributed by atoms with van der Waals surface area (Å²) in [6, 6.07) is 10.4. The van der Waals surface area contributed by atoms with E-state index in [-0.39, 0.29) is 23.7 Å². The molecule has 1 aromatic rings. The number of fused-ring (bicyclic) bond motifs is 1. The summed E-state index contributed by atoms with van der Waals surface area (Å²) < 4.78 is 0. The Morgan fingerprint density at radius 2 is 1.76 bits per heavy atom. The molecule has 1 aromatic carbocycles. The Bertz CT molecular complexity index is 676. The lowest BCUT2D eigenvalue weighted by Gasteiger charge is -2.20. The molecule has 4 heteroatoms. The van der Waals surface area contributed by atoms with Crippen LogP contribution in [0.4, 0.5) is 0 Å². The Kier molecular flexibility index (Phi) is 3.74. The first kappa shape index (κ1) is 13.4. The first-order valence-electron chi connectivity index (χ1n) is 7.12. The monoisotopic (exact) mass is 276 g/mol. The average molecular weight is 276 g/mol. The van der Waals surface area contributed by atoms with Crippen molar-refractivity contribution in [1.82, 2.24) is 0 Å². The SMILES string of the molecule is [N-]=[N+]=C[C@@H]1[C@H](C=[N+]=[N-])CC2=C[C@H](c3ccccc3)C=C[C@H]21. The van der Waals surface area contributed by atoms with E-state index in [0.29, 0.717) is 0 Å². The van der Waals surface area contributed by atoms with Crippen molar-refractivity contribution in [2.45, 2.75) is 12.3 Å². The van der Waals surface area contributed by atoms with Crippen molar-refractivity contribution < 1.29 is 9.58 Å². The molecule has 0 bridgehead atoms. The normalized spacial score (nSPS) is 29.8. The number of nitrogens with zero attached hydrogens (tertiary/aromatic N) is 4. The maximum absolute atomic E-state index is 8.85. The molecule has 0 heterocycles. The summed E-state index contributed by atoms with van der Waals surface area (Å²) in [7, 11) is 0. The highest BCUT2D eigenvalue weighted by Gasteiger charge is 2.42. The zero-order valence-electron chi connectivity index (χ0n) is 11.6. The minimum atomic E-state index is 0.0464. The van der Waals surface area contributed by atoms with Crippen LogP contribution in [0.2, 0.25) is 0 Å². The first-order chi connectivity index (χ1) is 10.3. The van der Waals surface area contributed by atoms with Crippen LogP contribution in [0.1, 0.15) is 17.9 Å². The molecule has 0 radical (unpaired) electrons. The topological polar surface area (TPSA) is 72.8 Å². The van der Waals surface area contributed by atoms with E-state index in [4.69, 9.17) is 11.1 Å². The van der Waals surface area contributed by atoms with Gasteiger partial charge in [-0.2, -0.15) is 9.58 Å². The Hall–Kier alpha value is -2.54. The van der Waals surface area contributed by atoms with Gasteiger partial charge in [0.25, 0.3) is 12.4 Å². The van der Waals surface area contributed by atoms with Crippen LogP contribution in [-0.2, 0) is 0 Å². The molecule has 0 saturated heterocycles. The molecule has 0 aromatic heterocycles. The van der Waals surface area contributed by atoms with Gasteiger partial charge in [0.1, 0.15) is 0 Å². The van der Waals surface area contributed by atoms with Crippen molar-refractivity contribution in [2.75, 3.05) is 0 Å². The van der Waals surface area contributed by atoms with Gasteiger partial charge in [-0.05, 0) is 12.0 Å². The lowest BCUT2D eigenvalue weighted by molar-refractivity contribution is -0.0122. The maximum Gasteiger partial charge on any atom is 0.262 e. The Morgan fingerprint density at radius 3 is 2.48 bits per heavy atom. The Labute approximate surface area is 123 Å². The number of benzene rings is 1. The van der Waals surface area contributed by atoms with Gasteiger partial charge in [-0.1, -0.05) is 54.1 Å². The molecule has 0 amide bonds. The van der Waals surface area contributed by atoms with Gasteiger partial charge in [0.15, 0.2) is 0 Å². The lowest BCUT2D eigenvalue weighted by Crippen LogP contribution is -2.18. The maximum atomic E-state index is 8.85. The summed E-state index contributed by atoms with van der Waals surface area (Å²) in [4.78, 5) is 6.35. The van der Waals surface area contributed by atoms with Crippen LogP contribution < -0.4 is 0 Å². The smallest absolute Gasteiger partial charge is 0.262 e. The van der Waals surface area contributed by atoms with Crippen molar-refractivity contribution in [1.29, 1.82) is 0 Å². The minimum Gasteiger partial charge on any atom is -0.362 e. The van der Waals surface area contributed by atoms with E-state index >= 15 is 0 Å². The molecule has 2 aliphatic rings. The first-order valence-corrected chi connectivity index (χ1v) is 7.12. The van der Waals surface area contributed by atoms with Crippen LogP contribution in [0.15, 0.2) is 54.1 Å². The summed E-state index contributed by atoms with van der Waals surface area (Å²) in [5.74, 6) is 0.629. The summed E-state index contributed by atoms with van der Waals surface area (Å²) in [6.07, 6.45) is 10.6. The quantitative estimate of drug-likeness (QED) is 0.352. The third-order valence-electron chi connectivity index (χ3n) is 4.41. The molecule has 0 spiro atoms. The molecule has 4 nitrogen and oxygen atoms in total. The molecule has 3 rings (SSSR count). The van der Waals surface area contributed by atoms with Crippen molar-refractivity contribution in [3.63, 3.8) is 0 Å². The largest absolute Gasteiger partial charge is 0.362 e. The van der Waals surface area contributed by atoms with Crippen LogP contribution in [0.5, 0.6) is 0 Å². The van der Waals surface area contributed by atoms with Gasteiger partial charge < -0.3 is 11.1 Å². The Morgan fingerprint density at radius 1 is 1.00 bits per heavy atom. The van der Waals surface area contributed by atoms with Gasteiger partial charge in [0, 0.05) is 11.8 Å². The highest BCUT2D eigenvalue weighted by atomic mass is 14.9. The fourth-order valence-corrected chi connectivity index (χ4v) is 3.42. The van der Waals surface area contributed by atoms with Crippen LogP contribution in [0.25, 0.3) is 11.1 Å². The highest BCUT2D eigenvalue weighted by molar-refractivity contribution is 5.70. The fraction of sp³-hybridized carbons (Fsp3) is 0.294. The third-order valence-corrected chi connectivity index (χ3v) is 4.41. The van der Waals surface area contributed by atoms with Crippen molar-refractivity contribution >= 4 is 12.4 Å². The lowest BCUT2D eigenvalue weighted by atomic mass is 9.83. The predicted molar refractivity (Wildman–Crippen MR) is 80.9 cm³/mol. The average Bonchev–Trinajstić information content (AvgIpc) is 2.86. The van der Waals surface area contributed by atoms with E-state index in [1.807, 2.05) is 18.2 Å².